The highest BCUT2D eigenvalue weighted by Gasteiger charge is 2.26. The molecule has 2 atom stereocenters. The summed E-state index contributed by atoms with van der Waals surface area (Å²) in [7, 11) is 0. The second kappa shape index (κ2) is 7.66. The van der Waals surface area contributed by atoms with Crippen molar-refractivity contribution in [2.24, 2.45) is 0 Å². The summed E-state index contributed by atoms with van der Waals surface area (Å²) < 4.78 is 5.23. The van der Waals surface area contributed by atoms with Crippen molar-refractivity contribution in [3.05, 3.63) is 64.4 Å². The van der Waals surface area contributed by atoms with Crippen LogP contribution in [0, 0.1) is 0 Å². The zero-order chi connectivity index (χ0) is 17.8. The van der Waals surface area contributed by atoms with Gasteiger partial charge in [0.2, 0.25) is 0 Å². The molecule has 0 aliphatic heterocycles. The van der Waals surface area contributed by atoms with Gasteiger partial charge in [-0.05, 0) is 49.4 Å². The standard InChI is InChI=1S/C19H19ClN2O3/c1-12(25-19(24)15-9-5-11-21-17(15)20)18(23)22-16-10-4-7-13-6-2-3-8-14(13)16/h2-3,5-6,8-9,11-12,16H,4,7,10H2,1H3,(H,22,23)/t12-,16-/m0/s1. The van der Waals surface area contributed by atoms with E-state index in [9.17, 15) is 9.59 Å². The fraction of sp³-hybridized carbons (Fsp3) is 0.316. The summed E-state index contributed by atoms with van der Waals surface area (Å²) in [6, 6.07) is 11.1. The van der Waals surface area contributed by atoms with Gasteiger partial charge in [-0.3, -0.25) is 4.79 Å². The fourth-order valence-electron chi connectivity index (χ4n) is 3.01. The van der Waals surface area contributed by atoms with E-state index in [-0.39, 0.29) is 22.7 Å². The molecule has 2 aromatic rings. The number of halogens is 1. The monoisotopic (exact) mass is 358 g/mol. The highest BCUT2D eigenvalue weighted by atomic mass is 35.5. The number of esters is 1. The average Bonchev–Trinajstić information content (AvgIpc) is 2.62. The van der Waals surface area contributed by atoms with E-state index >= 15 is 0 Å². The molecule has 1 N–H and O–H groups in total. The number of hydrogen-bond acceptors (Lipinski definition) is 4. The fourth-order valence-corrected chi connectivity index (χ4v) is 3.21. The molecule has 1 amide bonds. The van der Waals surface area contributed by atoms with Crippen molar-refractivity contribution in [2.45, 2.75) is 38.3 Å². The van der Waals surface area contributed by atoms with E-state index in [1.54, 1.807) is 13.0 Å². The van der Waals surface area contributed by atoms with Crippen molar-refractivity contribution in [2.75, 3.05) is 0 Å². The summed E-state index contributed by atoms with van der Waals surface area (Å²) in [6.45, 7) is 1.55. The van der Waals surface area contributed by atoms with E-state index in [0.29, 0.717) is 0 Å². The molecule has 130 valence electrons. The van der Waals surface area contributed by atoms with Gasteiger partial charge in [0.1, 0.15) is 5.15 Å². The maximum Gasteiger partial charge on any atom is 0.342 e. The lowest BCUT2D eigenvalue weighted by atomic mass is 9.87. The number of aryl methyl sites for hydroxylation is 1. The molecule has 3 rings (SSSR count). The zero-order valence-corrected chi connectivity index (χ0v) is 14.6. The van der Waals surface area contributed by atoms with Crippen molar-refractivity contribution in [1.82, 2.24) is 10.3 Å². The molecule has 1 aromatic carbocycles. The number of hydrogen-bond donors (Lipinski definition) is 1. The van der Waals surface area contributed by atoms with Gasteiger partial charge in [0.15, 0.2) is 6.10 Å². The normalized spacial score (nSPS) is 17.3. The number of amides is 1. The van der Waals surface area contributed by atoms with E-state index in [4.69, 9.17) is 16.3 Å². The lowest BCUT2D eigenvalue weighted by Gasteiger charge is -2.27. The average molecular weight is 359 g/mol. The van der Waals surface area contributed by atoms with Crippen LogP contribution < -0.4 is 5.32 Å². The van der Waals surface area contributed by atoms with Crippen LogP contribution in [0.5, 0.6) is 0 Å². The molecule has 5 nitrogen and oxygen atoms in total. The molecule has 0 unspecified atom stereocenters. The highest BCUT2D eigenvalue weighted by molar-refractivity contribution is 6.32. The Balaban J connectivity index is 1.64. The van der Waals surface area contributed by atoms with Gasteiger partial charge in [0.25, 0.3) is 5.91 Å². The van der Waals surface area contributed by atoms with Crippen LogP contribution in [0.15, 0.2) is 42.6 Å². The lowest BCUT2D eigenvalue weighted by molar-refractivity contribution is -0.130. The number of carbonyl (C=O) groups is 2. The molecular weight excluding hydrogens is 340 g/mol. The summed E-state index contributed by atoms with van der Waals surface area (Å²) in [5, 5.41) is 3.04. The Labute approximate surface area is 151 Å². The summed E-state index contributed by atoms with van der Waals surface area (Å²) in [6.07, 6.45) is 3.47. The van der Waals surface area contributed by atoms with Crippen LogP contribution in [0.1, 0.15) is 47.3 Å². The number of nitrogens with zero attached hydrogens (tertiary/aromatic N) is 1. The largest absolute Gasteiger partial charge is 0.449 e. The molecule has 1 heterocycles. The number of benzene rings is 1. The molecule has 0 saturated carbocycles. The number of nitrogens with one attached hydrogen (secondary N) is 1. The number of carbonyl (C=O) groups excluding carboxylic acids is 2. The topological polar surface area (TPSA) is 68.3 Å². The third kappa shape index (κ3) is 3.99. The first kappa shape index (κ1) is 17.4. The maximum absolute atomic E-state index is 12.4. The van der Waals surface area contributed by atoms with E-state index in [1.165, 1.54) is 17.8 Å². The minimum absolute atomic E-state index is 0.0550. The first-order valence-corrected chi connectivity index (χ1v) is 8.63. The van der Waals surface area contributed by atoms with Crippen LogP contribution in [0.25, 0.3) is 0 Å². The number of fused-ring (bicyclic) bond motifs is 1. The summed E-state index contributed by atoms with van der Waals surface area (Å²) >= 11 is 5.88. The number of aromatic nitrogens is 1. The third-order valence-electron chi connectivity index (χ3n) is 4.32. The van der Waals surface area contributed by atoms with Crippen molar-refractivity contribution in [1.29, 1.82) is 0 Å². The van der Waals surface area contributed by atoms with E-state index in [0.717, 1.165) is 24.8 Å². The molecule has 0 radical (unpaired) electrons. The van der Waals surface area contributed by atoms with Crippen LogP contribution >= 0.6 is 11.6 Å². The Morgan fingerprint density at radius 2 is 2.08 bits per heavy atom. The van der Waals surface area contributed by atoms with Crippen molar-refractivity contribution >= 4 is 23.5 Å². The zero-order valence-electron chi connectivity index (χ0n) is 13.9. The van der Waals surface area contributed by atoms with Crippen molar-refractivity contribution in [3.8, 4) is 0 Å². The van der Waals surface area contributed by atoms with Crippen molar-refractivity contribution < 1.29 is 14.3 Å². The van der Waals surface area contributed by atoms with Gasteiger partial charge in [0, 0.05) is 6.20 Å². The minimum atomic E-state index is -0.919. The molecule has 25 heavy (non-hydrogen) atoms. The summed E-state index contributed by atoms with van der Waals surface area (Å²) in [5.41, 5.74) is 2.54. The molecule has 6 heteroatoms. The van der Waals surface area contributed by atoms with Crippen LogP contribution in [-0.4, -0.2) is 23.0 Å². The Hall–Kier alpha value is -2.40. The predicted molar refractivity (Wildman–Crippen MR) is 94.4 cm³/mol. The molecule has 0 spiro atoms. The molecule has 1 aliphatic rings. The molecule has 0 bridgehead atoms. The minimum Gasteiger partial charge on any atom is -0.449 e. The number of pyridine rings is 1. The van der Waals surface area contributed by atoms with Gasteiger partial charge >= 0.3 is 5.97 Å². The van der Waals surface area contributed by atoms with Crippen molar-refractivity contribution in [3.63, 3.8) is 0 Å². The van der Waals surface area contributed by atoms with Gasteiger partial charge in [-0.15, -0.1) is 0 Å². The van der Waals surface area contributed by atoms with Gasteiger partial charge in [0.05, 0.1) is 11.6 Å². The van der Waals surface area contributed by atoms with Crippen LogP contribution in [-0.2, 0) is 16.0 Å². The third-order valence-corrected chi connectivity index (χ3v) is 4.62. The Bertz CT molecular complexity index is 794. The van der Waals surface area contributed by atoms with Gasteiger partial charge < -0.3 is 10.1 Å². The van der Waals surface area contributed by atoms with Gasteiger partial charge in [-0.25, -0.2) is 9.78 Å². The Morgan fingerprint density at radius 1 is 1.28 bits per heavy atom. The van der Waals surface area contributed by atoms with Gasteiger partial charge in [-0.2, -0.15) is 0 Å². The first-order chi connectivity index (χ1) is 12.1. The molecular formula is C19H19ClN2O3. The van der Waals surface area contributed by atoms with E-state index in [1.807, 2.05) is 18.2 Å². The first-order valence-electron chi connectivity index (χ1n) is 8.26. The van der Waals surface area contributed by atoms with Crippen LogP contribution in [0.2, 0.25) is 5.15 Å². The van der Waals surface area contributed by atoms with Gasteiger partial charge in [-0.1, -0.05) is 35.9 Å². The maximum atomic E-state index is 12.4. The van der Waals surface area contributed by atoms with Crippen LogP contribution in [0.4, 0.5) is 0 Å². The Morgan fingerprint density at radius 3 is 2.88 bits per heavy atom. The smallest absolute Gasteiger partial charge is 0.342 e. The highest BCUT2D eigenvalue weighted by Crippen LogP contribution is 2.29. The molecule has 1 aromatic heterocycles. The van der Waals surface area contributed by atoms with E-state index < -0.39 is 12.1 Å². The van der Waals surface area contributed by atoms with Crippen LogP contribution in [0.3, 0.4) is 0 Å². The molecule has 0 saturated heterocycles. The van der Waals surface area contributed by atoms with E-state index in [2.05, 4.69) is 16.4 Å². The summed E-state index contributed by atoms with van der Waals surface area (Å²) in [5.74, 6) is -0.986. The number of rotatable bonds is 4. The Kier molecular flexibility index (Phi) is 5.34. The second-order valence-electron chi connectivity index (χ2n) is 6.04. The summed E-state index contributed by atoms with van der Waals surface area (Å²) in [4.78, 5) is 28.4. The quantitative estimate of drug-likeness (QED) is 0.671. The SMILES string of the molecule is C[C@H](OC(=O)c1cccnc1Cl)C(=O)N[C@H]1CCCc2ccccc21. The second-order valence-corrected chi connectivity index (χ2v) is 6.40. The predicted octanol–water partition coefficient (Wildman–Crippen LogP) is 3.47. The lowest BCUT2D eigenvalue weighted by Crippen LogP contribution is -2.39. The molecule has 1 aliphatic carbocycles. The number of ether oxygens (including phenoxy) is 1. The molecule has 0 fully saturated rings.